The zero-order valence-electron chi connectivity index (χ0n) is 7.81. The summed E-state index contributed by atoms with van der Waals surface area (Å²) in [5.41, 5.74) is 0.560. The zero-order chi connectivity index (χ0) is 11.5. The average molecular weight is 276 g/mol. The fourth-order valence-electron chi connectivity index (χ4n) is 1.04. The lowest BCUT2D eigenvalue weighted by Gasteiger charge is -2.02. The molecule has 0 aliphatic carbocycles. The summed E-state index contributed by atoms with van der Waals surface area (Å²) in [5, 5.41) is 12.5. The number of benzene rings is 1. The minimum atomic E-state index is 0.367. The van der Waals surface area contributed by atoms with E-state index in [-0.39, 0.29) is 0 Å². The highest BCUT2D eigenvalue weighted by Gasteiger charge is 2.07. The minimum Gasteiger partial charge on any atom is -0.208 e. The van der Waals surface area contributed by atoms with Crippen LogP contribution >= 0.6 is 34.8 Å². The molecule has 0 saturated carbocycles. The summed E-state index contributed by atoms with van der Waals surface area (Å²) in [7, 11) is 0. The van der Waals surface area contributed by atoms with Gasteiger partial charge < -0.3 is 0 Å². The third kappa shape index (κ3) is 2.35. The van der Waals surface area contributed by atoms with E-state index >= 15 is 0 Å². The molecular weight excluding hydrogens is 270 g/mol. The van der Waals surface area contributed by atoms with Gasteiger partial charge in [-0.3, -0.25) is 0 Å². The molecule has 0 amide bonds. The monoisotopic (exact) mass is 274 g/mol. The summed E-state index contributed by atoms with van der Waals surface area (Å²) in [6.07, 6.45) is 4.39. The Balaban J connectivity index is 2.38. The third-order valence-corrected chi connectivity index (χ3v) is 2.95. The number of nitrogens with zero attached hydrogens (tertiary/aromatic N) is 4. The van der Waals surface area contributed by atoms with Gasteiger partial charge in [-0.25, -0.2) is 4.68 Å². The van der Waals surface area contributed by atoms with Gasteiger partial charge in [0.1, 0.15) is 12.7 Å². The number of hydrogen-bond acceptors (Lipinski definition) is 3. The van der Waals surface area contributed by atoms with Gasteiger partial charge in [-0.1, -0.05) is 34.8 Å². The second-order valence-corrected chi connectivity index (χ2v) is 4.04. The van der Waals surface area contributed by atoms with Crippen LogP contribution in [0.3, 0.4) is 0 Å². The molecule has 1 aromatic carbocycles. The van der Waals surface area contributed by atoms with Gasteiger partial charge in [-0.05, 0) is 12.1 Å². The summed E-state index contributed by atoms with van der Waals surface area (Å²) in [4.78, 5) is 0. The molecule has 0 saturated heterocycles. The number of aromatic nitrogens is 3. The molecule has 2 rings (SSSR count). The van der Waals surface area contributed by atoms with E-state index in [1.807, 2.05) is 0 Å². The number of rotatable bonds is 2. The maximum Gasteiger partial charge on any atom is 0.141 e. The Kier molecular flexibility index (Phi) is 3.43. The van der Waals surface area contributed by atoms with Crippen molar-refractivity contribution in [2.24, 2.45) is 5.10 Å². The molecule has 0 radical (unpaired) electrons. The van der Waals surface area contributed by atoms with Gasteiger partial charge >= 0.3 is 0 Å². The summed E-state index contributed by atoms with van der Waals surface area (Å²) in [5.74, 6) is 0. The fraction of sp³-hybridized carbons (Fsp3) is 0. The first-order valence-corrected chi connectivity index (χ1v) is 5.34. The van der Waals surface area contributed by atoms with Crippen LogP contribution in [-0.4, -0.2) is 21.1 Å². The van der Waals surface area contributed by atoms with E-state index in [0.29, 0.717) is 20.6 Å². The smallest absolute Gasteiger partial charge is 0.141 e. The standard InChI is InChI=1S/C9H5Cl3N4/c10-7-1-2-8(11)9(12)6(7)3-15-16-4-13-14-5-16/h1-5H. The van der Waals surface area contributed by atoms with Crippen LogP contribution in [0, 0.1) is 0 Å². The van der Waals surface area contributed by atoms with Crippen LogP contribution in [0.5, 0.6) is 0 Å². The van der Waals surface area contributed by atoms with E-state index in [0.717, 1.165) is 0 Å². The molecule has 0 fully saturated rings. The molecule has 1 aromatic heterocycles. The Morgan fingerprint density at radius 3 is 2.38 bits per heavy atom. The molecule has 0 N–H and O–H groups in total. The van der Waals surface area contributed by atoms with Crippen molar-refractivity contribution in [3.63, 3.8) is 0 Å². The molecule has 0 aliphatic heterocycles. The van der Waals surface area contributed by atoms with E-state index in [2.05, 4.69) is 15.3 Å². The van der Waals surface area contributed by atoms with Crippen LogP contribution in [0.25, 0.3) is 0 Å². The first-order chi connectivity index (χ1) is 7.68. The Labute approximate surface area is 106 Å². The van der Waals surface area contributed by atoms with E-state index in [1.165, 1.54) is 23.5 Å². The average Bonchev–Trinajstić information content (AvgIpc) is 2.77. The molecule has 7 heteroatoms. The first kappa shape index (κ1) is 11.4. The van der Waals surface area contributed by atoms with Crippen LogP contribution < -0.4 is 0 Å². The maximum absolute atomic E-state index is 5.99. The van der Waals surface area contributed by atoms with Crippen molar-refractivity contribution in [1.29, 1.82) is 0 Å². The second kappa shape index (κ2) is 4.82. The van der Waals surface area contributed by atoms with Crippen molar-refractivity contribution >= 4 is 41.0 Å². The largest absolute Gasteiger partial charge is 0.208 e. The van der Waals surface area contributed by atoms with Gasteiger partial charge in [0.25, 0.3) is 0 Å². The molecule has 0 aliphatic rings. The third-order valence-electron chi connectivity index (χ3n) is 1.81. The highest BCUT2D eigenvalue weighted by atomic mass is 35.5. The maximum atomic E-state index is 5.99. The first-order valence-electron chi connectivity index (χ1n) is 4.21. The summed E-state index contributed by atoms with van der Waals surface area (Å²) < 4.78 is 1.42. The normalized spacial score (nSPS) is 11.2. The van der Waals surface area contributed by atoms with Crippen molar-refractivity contribution < 1.29 is 0 Å². The number of hydrogen-bond donors (Lipinski definition) is 0. The molecule has 82 valence electrons. The molecule has 0 atom stereocenters. The number of halogens is 3. The highest BCUT2D eigenvalue weighted by molar-refractivity contribution is 6.45. The topological polar surface area (TPSA) is 43.1 Å². The molecule has 2 aromatic rings. The van der Waals surface area contributed by atoms with Gasteiger partial charge in [-0.15, -0.1) is 10.2 Å². The molecule has 0 bridgehead atoms. The summed E-state index contributed by atoms with van der Waals surface area (Å²) in [6, 6.07) is 3.28. The lowest BCUT2D eigenvalue weighted by atomic mass is 10.2. The highest BCUT2D eigenvalue weighted by Crippen LogP contribution is 2.29. The van der Waals surface area contributed by atoms with Crippen molar-refractivity contribution in [2.45, 2.75) is 0 Å². The van der Waals surface area contributed by atoms with Crippen LogP contribution in [-0.2, 0) is 0 Å². The van der Waals surface area contributed by atoms with Crippen LogP contribution in [0.1, 0.15) is 5.56 Å². The van der Waals surface area contributed by atoms with Gasteiger partial charge in [0.05, 0.1) is 21.3 Å². The van der Waals surface area contributed by atoms with E-state index in [9.17, 15) is 0 Å². The lowest BCUT2D eigenvalue weighted by molar-refractivity contribution is 0.878. The minimum absolute atomic E-state index is 0.367. The van der Waals surface area contributed by atoms with Crippen LogP contribution in [0.2, 0.25) is 15.1 Å². The summed E-state index contributed by atoms with van der Waals surface area (Å²) in [6.45, 7) is 0. The molecular formula is C9H5Cl3N4. The van der Waals surface area contributed by atoms with Crippen molar-refractivity contribution in [3.05, 3.63) is 45.4 Å². The van der Waals surface area contributed by atoms with Crippen LogP contribution in [0.15, 0.2) is 29.9 Å². The molecule has 0 unspecified atom stereocenters. The lowest BCUT2D eigenvalue weighted by Crippen LogP contribution is -1.90. The van der Waals surface area contributed by atoms with Crippen molar-refractivity contribution in [1.82, 2.24) is 14.9 Å². The van der Waals surface area contributed by atoms with E-state index in [1.54, 1.807) is 12.1 Å². The van der Waals surface area contributed by atoms with Gasteiger partial charge in [0.2, 0.25) is 0 Å². The Morgan fingerprint density at radius 2 is 1.69 bits per heavy atom. The van der Waals surface area contributed by atoms with Crippen molar-refractivity contribution in [2.75, 3.05) is 0 Å². The zero-order valence-corrected chi connectivity index (χ0v) is 10.1. The Hall–Kier alpha value is -1.10. The fourth-order valence-corrected chi connectivity index (χ4v) is 1.67. The SMILES string of the molecule is Clc1ccc(Cl)c(C=Nn2cnnc2)c1Cl. The van der Waals surface area contributed by atoms with Gasteiger partial charge in [0.15, 0.2) is 0 Å². The van der Waals surface area contributed by atoms with E-state index < -0.39 is 0 Å². The Morgan fingerprint density at radius 1 is 1.06 bits per heavy atom. The molecule has 16 heavy (non-hydrogen) atoms. The molecule has 0 spiro atoms. The van der Waals surface area contributed by atoms with Crippen LogP contribution in [0.4, 0.5) is 0 Å². The molecule has 1 heterocycles. The van der Waals surface area contributed by atoms with Gasteiger partial charge in [0, 0.05) is 5.56 Å². The Bertz CT molecular complexity index is 522. The van der Waals surface area contributed by atoms with E-state index in [4.69, 9.17) is 34.8 Å². The second-order valence-electron chi connectivity index (χ2n) is 2.84. The molecule has 4 nitrogen and oxygen atoms in total. The summed E-state index contributed by atoms with van der Waals surface area (Å²) >= 11 is 17.8. The van der Waals surface area contributed by atoms with Crippen molar-refractivity contribution in [3.8, 4) is 0 Å². The quantitative estimate of drug-likeness (QED) is 0.624. The van der Waals surface area contributed by atoms with Gasteiger partial charge in [-0.2, -0.15) is 5.10 Å². The predicted octanol–water partition coefficient (Wildman–Crippen LogP) is 3.12. The predicted molar refractivity (Wildman–Crippen MR) is 64.5 cm³/mol.